The van der Waals surface area contributed by atoms with E-state index in [0.29, 0.717) is 0 Å². The minimum absolute atomic E-state index is 0.192. The van der Waals surface area contributed by atoms with Gasteiger partial charge in [0, 0.05) is 26.2 Å². The maximum Gasteiger partial charge on any atom is 0.317 e. The predicted molar refractivity (Wildman–Crippen MR) is 57.5 cm³/mol. The van der Waals surface area contributed by atoms with Crippen molar-refractivity contribution >= 4 is 5.97 Å². The van der Waals surface area contributed by atoms with Gasteiger partial charge >= 0.3 is 5.97 Å². The molecule has 1 rings (SSSR count). The number of nitrogens with zero attached hydrogens (tertiary/aromatic N) is 2. The van der Waals surface area contributed by atoms with Crippen LogP contribution in [-0.2, 0) is 4.79 Å². The average Bonchev–Trinajstić information content (AvgIpc) is 2.21. The molecule has 1 aliphatic rings. The Morgan fingerprint density at radius 3 is 1.93 bits per heavy atom. The summed E-state index contributed by atoms with van der Waals surface area (Å²) in [5.41, 5.74) is 0. The van der Waals surface area contributed by atoms with Gasteiger partial charge in [-0.15, -0.1) is 0 Å². The Bertz CT molecular complexity index is 154. The van der Waals surface area contributed by atoms with Crippen LogP contribution in [-0.4, -0.2) is 60.1 Å². The number of carbonyl (C=O) groups is 1. The normalized spacial score (nSPS) is 18.5. The molecule has 0 spiro atoms. The van der Waals surface area contributed by atoms with Gasteiger partial charge in [0.15, 0.2) is 0 Å². The molecule has 0 aliphatic carbocycles. The van der Waals surface area contributed by atoms with Crippen LogP contribution in [0.2, 0.25) is 0 Å². The standard InChI is InChI=1S/C8H16N2O2.C2H6/c1-2-9-3-5-10(6-4-9)7-8(11)12;1-2/h2-7H2,1H3,(H,11,12);1-2H3. The number of carboxylic acids is 1. The third-order valence-electron chi connectivity index (χ3n) is 2.27. The summed E-state index contributed by atoms with van der Waals surface area (Å²) in [5.74, 6) is -0.722. The van der Waals surface area contributed by atoms with Crippen LogP contribution >= 0.6 is 0 Å². The maximum atomic E-state index is 10.4. The van der Waals surface area contributed by atoms with Gasteiger partial charge < -0.3 is 10.0 Å². The molecule has 0 aromatic carbocycles. The summed E-state index contributed by atoms with van der Waals surface area (Å²) < 4.78 is 0. The van der Waals surface area contributed by atoms with Crippen molar-refractivity contribution in [3.05, 3.63) is 0 Å². The molecule has 1 N–H and O–H groups in total. The fourth-order valence-corrected chi connectivity index (χ4v) is 1.45. The summed E-state index contributed by atoms with van der Waals surface area (Å²) in [6, 6.07) is 0. The molecule has 0 amide bonds. The Morgan fingerprint density at radius 1 is 1.14 bits per heavy atom. The SMILES string of the molecule is CC.CCN1CCN(CC(=O)O)CC1. The fraction of sp³-hybridized carbons (Fsp3) is 0.900. The number of aliphatic carboxylic acids is 1. The lowest BCUT2D eigenvalue weighted by atomic mass is 10.3. The largest absolute Gasteiger partial charge is 0.480 e. The van der Waals surface area contributed by atoms with Crippen LogP contribution in [0, 0.1) is 0 Å². The van der Waals surface area contributed by atoms with E-state index in [1.54, 1.807) is 0 Å². The molecule has 0 saturated carbocycles. The molecule has 4 nitrogen and oxygen atoms in total. The minimum atomic E-state index is -0.722. The highest BCUT2D eigenvalue weighted by Crippen LogP contribution is 1.99. The maximum absolute atomic E-state index is 10.4. The van der Waals surface area contributed by atoms with E-state index in [1.807, 2.05) is 18.7 Å². The second-order valence-corrected chi connectivity index (χ2v) is 3.10. The van der Waals surface area contributed by atoms with Gasteiger partial charge in [-0.2, -0.15) is 0 Å². The van der Waals surface area contributed by atoms with Crippen LogP contribution in [0.3, 0.4) is 0 Å². The monoisotopic (exact) mass is 202 g/mol. The van der Waals surface area contributed by atoms with E-state index in [1.165, 1.54) is 0 Å². The van der Waals surface area contributed by atoms with Crippen LogP contribution in [0.15, 0.2) is 0 Å². The van der Waals surface area contributed by atoms with Crippen LogP contribution < -0.4 is 0 Å². The molecule has 0 aromatic heterocycles. The number of carboxylic acid groups (broad SMARTS) is 1. The van der Waals surface area contributed by atoms with Crippen molar-refractivity contribution in [1.82, 2.24) is 9.80 Å². The van der Waals surface area contributed by atoms with Crippen molar-refractivity contribution in [3.8, 4) is 0 Å². The Balaban J connectivity index is 0.000000791. The van der Waals surface area contributed by atoms with E-state index in [4.69, 9.17) is 5.11 Å². The Hall–Kier alpha value is -0.610. The minimum Gasteiger partial charge on any atom is -0.480 e. The van der Waals surface area contributed by atoms with Gasteiger partial charge in [0.25, 0.3) is 0 Å². The highest BCUT2D eigenvalue weighted by Gasteiger charge is 2.16. The smallest absolute Gasteiger partial charge is 0.317 e. The fourth-order valence-electron chi connectivity index (χ4n) is 1.45. The Morgan fingerprint density at radius 2 is 1.57 bits per heavy atom. The molecule has 1 aliphatic heterocycles. The molecular formula is C10H22N2O2. The van der Waals surface area contributed by atoms with Gasteiger partial charge in [-0.05, 0) is 6.54 Å². The topological polar surface area (TPSA) is 43.8 Å². The van der Waals surface area contributed by atoms with Gasteiger partial charge in [-0.1, -0.05) is 20.8 Å². The Kier molecular flexibility index (Phi) is 7.42. The molecule has 1 fully saturated rings. The van der Waals surface area contributed by atoms with Crippen molar-refractivity contribution in [2.24, 2.45) is 0 Å². The molecule has 0 aromatic rings. The molecule has 1 saturated heterocycles. The van der Waals surface area contributed by atoms with E-state index in [-0.39, 0.29) is 6.54 Å². The zero-order valence-corrected chi connectivity index (χ0v) is 9.49. The van der Waals surface area contributed by atoms with Crippen molar-refractivity contribution < 1.29 is 9.90 Å². The molecule has 84 valence electrons. The first-order valence-corrected chi connectivity index (χ1v) is 5.39. The van der Waals surface area contributed by atoms with E-state index < -0.39 is 5.97 Å². The van der Waals surface area contributed by atoms with E-state index >= 15 is 0 Å². The third kappa shape index (κ3) is 5.19. The lowest BCUT2D eigenvalue weighted by Gasteiger charge is -2.32. The quantitative estimate of drug-likeness (QED) is 0.733. The van der Waals surface area contributed by atoms with Gasteiger partial charge in [0.1, 0.15) is 0 Å². The van der Waals surface area contributed by atoms with Gasteiger partial charge in [-0.3, -0.25) is 9.69 Å². The lowest BCUT2D eigenvalue weighted by molar-refractivity contribution is -0.138. The second kappa shape index (κ2) is 7.76. The number of rotatable bonds is 3. The molecule has 0 unspecified atom stereocenters. The molecule has 1 heterocycles. The summed E-state index contributed by atoms with van der Waals surface area (Å²) in [6.45, 7) is 11.2. The molecule has 4 heteroatoms. The van der Waals surface area contributed by atoms with Crippen molar-refractivity contribution in [1.29, 1.82) is 0 Å². The second-order valence-electron chi connectivity index (χ2n) is 3.10. The van der Waals surface area contributed by atoms with Gasteiger partial charge in [0.05, 0.1) is 6.54 Å². The summed E-state index contributed by atoms with van der Waals surface area (Å²) in [4.78, 5) is 14.7. The van der Waals surface area contributed by atoms with Gasteiger partial charge in [0.2, 0.25) is 0 Å². The Labute approximate surface area is 86.5 Å². The zero-order valence-electron chi connectivity index (χ0n) is 9.49. The first-order chi connectivity index (χ1) is 6.72. The third-order valence-corrected chi connectivity index (χ3v) is 2.27. The summed E-state index contributed by atoms with van der Waals surface area (Å²) in [5, 5.41) is 8.53. The van der Waals surface area contributed by atoms with Crippen LogP contribution in [0.5, 0.6) is 0 Å². The first-order valence-electron chi connectivity index (χ1n) is 5.39. The molecule has 0 radical (unpaired) electrons. The van der Waals surface area contributed by atoms with E-state index in [0.717, 1.165) is 32.7 Å². The van der Waals surface area contributed by atoms with E-state index in [9.17, 15) is 4.79 Å². The lowest BCUT2D eigenvalue weighted by Crippen LogP contribution is -2.47. The van der Waals surface area contributed by atoms with Crippen LogP contribution in [0.4, 0.5) is 0 Å². The summed E-state index contributed by atoms with van der Waals surface area (Å²) in [7, 11) is 0. The highest BCUT2D eigenvalue weighted by atomic mass is 16.4. The predicted octanol–water partition coefficient (Wildman–Crippen LogP) is 0.735. The van der Waals surface area contributed by atoms with Crippen molar-refractivity contribution in [2.45, 2.75) is 20.8 Å². The summed E-state index contributed by atoms with van der Waals surface area (Å²) in [6.07, 6.45) is 0. The number of likely N-dealkylation sites (N-methyl/N-ethyl adjacent to an activating group) is 1. The van der Waals surface area contributed by atoms with Crippen molar-refractivity contribution in [3.63, 3.8) is 0 Å². The van der Waals surface area contributed by atoms with Crippen LogP contribution in [0.25, 0.3) is 0 Å². The molecule has 14 heavy (non-hydrogen) atoms. The average molecular weight is 202 g/mol. The summed E-state index contributed by atoms with van der Waals surface area (Å²) >= 11 is 0. The molecular weight excluding hydrogens is 180 g/mol. The molecule has 0 atom stereocenters. The zero-order chi connectivity index (χ0) is 11.0. The number of hydrogen-bond donors (Lipinski definition) is 1. The van der Waals surface area contributed by atoms with E-state index in [2.05, 4.69) is 11.8 Å². The first kappa shape index (κ1) is 13.4. The highest BCUT2D eigenvalue weighted by molar-refractivity contribution is 5.69. The molecule has 0 bridgehead atoms. The van der Waals surface area contributed by atoms with Crippen molar-refractivity contribution in [2.75, 3.05) is 39.3 Å². The number of hydrogen-bond acceptors (Lipinski definition) is 3. The van der Waals surface area contributed by atoms with Gasteiger partial charge in [-0.25, -0.2) is 0 Å². The number of piperazine rings is 1. The van der Waals surface area contributed by atoms with Crippen LogP contribution in [0.1, 0.15) is 20.8 Å².